The minimum Gasteiger partial charge on any atom is -0.457 e. The van der Waals surface area contributed by atoms with Crippen molar-refractivity contribution in [1.29, 1.82) is 0 Å². The summed E-state index contributed by atoms with van der Waals surface area (Å²) < 4.78 is 11.2. The molecule has 0 bridgehead atoms. The van der Waals surface area contributed by atoms with Crippen LogP contribution in [-0.2, 0) is 9.47 Å². The summed E-state index contributed by atoms with van der Waals surface area (Å²) in [4.78, 5) is 6.02. The lowest BCUT2D eigenvalue weighted by atomic mass is 10.2. The molecule has 3 atom stereocenters. The van der Waals surface area contributed by atoms with Crippen LogP contribution in [0.15, 0.2) is 16.9 Å². The Morgan fingerprint density at radius 3 is 3.33 bits per heavy atom. The lowest BCUT2D eigenvalue weighted by Crippen LogP contribution is -2.38. The van der Waals surface area contributed by atoms with Gasteiger partial charge in [0.05, 0.1) is 12.7 Å². The molecule has 1 unspecified atom stereocenters. The van der Waals surface area contributed by atoms with Gasteiger partial charge < -0.3 is 20.3 Å². The Morgan fingerprint density at radius 2 is 2.53 bits per heavy atom. The molecule has 0 amide bonds. The molecule has 6 heteroatoms. The molecule has 6 nitrogen and oxygen atoms in total. The minimum atomic E-state index is -0.121. The number of amidine groups is 1. The zero-order valence-electron chi connectivity index (χ0n) is 8.17. The first-order valence-corrected chi connectivity index (χ1v) is 5.02. The number of aliphatic hydroxyl groups is 1. The number of aliphatic imine (C=N–C) groups is 1. The summed E-state index contributed by atoms with van der Waals surface area (Å²) in [7, 11) is 0. The Bertz CT molecular complexity index is 341. The van der Waals surface area contributed by atoms with Crippen LogP contribution in [0.25, 0.3) is 0 Å². The number of aliphatic hydroxyl groups excluding tert-OH is 1. The van der Waals surface area contributed by atoms with Crippen molar-refractivity contribution in [2.75, 3.05) is 13.2 Å². The average molecular weight is 211 g/mol. The van der Waals surface area contributed by atoms with Crippen molar-refractivity contribution in [3.63, 3.8) is 0 Å². The molecule has 2 saturated heterocycles. The predicted molar refractivity (Wildman–Crippen MR) is 51.6 cm³/mol. The average Bonchev–Trinajstić information content (AvgIpc) is 2.73. The van der Waals surface area contributed by atoms with E-state index in [4.69, 9.17) is 20.3 Å². The Hall–Kier alpha value is -1.27. The summed E-state index contributed by atoms with van der Waals surface area (Å²) in [6.07, 6.45) is 2.26. The van der Waals surface area contributed by atoms with Gasteiger partial charge in [0.25, 0.3) is 6.02 Å². The van der Waals surface area contributed by atoms with E-state index < -0.39 is 0 Å². The third kappa shape index (κ3) is 1.29. The van der Waals surface area contributed by atoms with Crippen molar-refractivity contribution in [3.8, 4) is 0 Å². The SMILES string of the molecule is NC1=CCN2C(=N1)OC1C[C@@H](CO)O[C@H]12. The van der Waals surface area contributed by atoms with Crippen molar-refractivity contribution in [2.24, 2.45) is 10.7 Å². The topological polar surface area (TPSA) is 80.3 Å². The number of hydrogen-bond acceptors (Lipinski definition) is 6. The van der Waals surface area contributed by atoms with Gasteiger partial charge in [0, 0.05) is 13.0 Å². The molecule has 3 aliphatic rings. The van der Waals surface area contributed by atoms with Crippen molar-refractivity contribution in [2.45, 2.75) is 24.9 Å². The first-order chi connectivity index (χ1) is 7.28. The van der Waals surface area contributed by atoms with Gasteiger partial charge in [0.2, 0.25) is 0 Å². The quantitative estimate of drug-likeness (QED) is 0.579. The Morgan fingerprint density at radius 1 is 1.67 bits per heavy atom. The smallest absolute Gasteiger partial charge is 0.296 e. The van der Waals surface area contributed by atoms with Gasteiger partial charge in [-0.1, -0.05) is 0 Å². The number of hydrogen-bond donors (Lipinski definition) is 2. The molecule has 2 fully saturated rings. The monoisotopic (exact) mass is 211 g/mol. The third-order valence-electron chi connectivity index (χ3n) is 2.88. The highest BCUT2D eigenvalue weighted by Gasteiger charge is 2.48. The maximum atomic E-state index is 9.00. The highest BCUT2D eigenvalue weighted by atomic mass is 16.6. The van der Waals surface area contributed by atoms with Crippen LogP contribution in [0.4, 0.5) is 0 Å². The summed E-state index contributed by atoms with van der Waals surface area (Å²) in [6.45, 7) is 0.693. The zero-order valence-corrected chi connectivity index (χ0v) is 8.17. The second kappa shape index (κ2) is 3.11. The van der Waals surface area contributed by atoms with E-state index in [0.717, 1.165) is 0 Å². The van der Waals surface area contributed by atoms with Gasteiger partial charge in [0.1, 0.15) is 11.9 Å². The van der Waals surface area contributed by atoms with Crippen LogP contribution >= 0.6 is 0 Å². The number of nitrogens with zero attached hydrogens (tertiary/aromatic N) is 2. The summed E-state index contributed by atoms with van der Waals surface area (Å²) >= 11 is 0. The Labute approximate surface area is 87.0 Å². The van der Waals surface area contributed by atoms with E-state index >= 15 is 0 Å². The Balaban J connectivity index is 1.80. The molecule has 3 rings (SSSR count). The molecule has 3 N–H and O–H groups in total. The second-order valence-electron chi connectivity index (χ2n) is 3.90. The molecular weight excluding hydrogens is 198 g/mol. The molecule has 0 spiro atoms. The van der Waals surface area contributed by atoms with Gasteiger partial charge in [0.15, 0.2) is 6.23 Å². The van der Waals surface area contributed by atoms with Crippen LogP contribution in [0.5, 0.6) is 0 Å². The predicted octanol–water partition coefficient (Wildman–Crippen LogP) is -1.04. The fourth-order valence-corrected chi connectivity index (χ4v) is 2.15. The summed E-state index contributed by atoms with van der Waals surface area (Å²) in [6, 6.07) is 0.543. The highest BCUT2D eigenvalue weighted by molar-refractivity contribution is 5.78. The fraction of sp³-hybridized carbons (Fsp3) is 0.667. The van der Waals surface area contributed by atoms with Crippen LogP contribution < -0.4 is 5.73 Å². The van der Waals surface area contributed by atoms with E-state index in [0.29, 0.717) is 24.8 Å². The molecule has 0 aromatic carbocycles. The first-order valence-electron chi connectivity index (χ1n) is 5.02. The summed E-state index contributed by atoms with van der Waals surface area (Å²) in [5.41, 5.74) is 5.58. The summed E-state index contributed by atoms with van der Waals surface area (Å²) in [5.74, 6) is 0.486. The van der Waals surface area contributed by atoms with Crippen molar-refractivity contribution >= 4 is 6.02 Å². The molecule has 0 aliphatic carbocycles. The van der Waals surface area contributed by atoms with E-state index in [-0.39, 0.29) is 25.0 Å². The van der Waals surface area contributed by atoms with Gasteiger partial charge in [-0.2, -0.15) is 4.99 Å². The maximum Gasteiger partial charge on any atom is 0.296 e. The normalized spacial score (nSPS) is 37.9. The van der Waals surface area contributed by atoms with E-state index in [9.17, 15) is 0 Å². The van der Waals surface area contributed by atoms with E-state index in [1.165, 1.54) is 0 Å². The van der Waals surface area contributed by atoms with Crippen LogP contribution in [0.3, 0.4) is 0 Å². The lowest BCUT2D eigenvalue weighted by molar-refractivity contribution is -0.0390. The molecule has 15 heavy (non-hydrogen) atoms. The van der Waals surface area contributed by atoms with Crippen molar-refractivity contribution < 1.29 is 14.6 Å². The van der Waals surface area contributed by atoms with Gasteiger partial charge in [-0.15, -0.1) is 0 Å². The standard InChI is InChI=1S/C9H13N3O3/c10-7-1-2-12-8-6(15-9(12)11-7)3-5(4-13)14-8/h1,5-6,8,13H,2-4,10H2/t5-,6?,8+/m0/s1. The second-order valence-corrected chi connectivity index (χ2v) is 3.90. The van der Waals surface area contributed by atoms with Crippen molar-refractivity contribution in [3.05, 3.63) is 11.9 Å². The Kier molecular flexibility index (Phi) is 1.86. The number of nitrogens with two attached hydrogens (primary N) is 1. The molecule has 82 valence electrons. The minimum absolute atomic E-state index is 0.0276. The van der Waals surface area contributed by atoms with Crippen molar-refractivity contribution in [1.82, 2.24) is 4.90 Å². The zero-order chi connectivity index (χ0) is 10.4. The summed E-state index contributed by atoms with van der Waals surface area (Å²) in [5, 5.41) is 9.00. The van der Waals surface area contributed by atoms with Gasteiger partial charge in [-0.25, -0.2) is 0 Å². The van der Waals surface area contributed by atoms with Gasteiger partial charge >= 0.3 is 0 Å². The maximum absolute atomic E-state index is 9.00. The van der Waals surface area contributed by atoms with Gasteiger partial charge in [-0.05, 0) is 6.08 Å². The molecular formula is C9H13N3O3. The molecule has 0 aromatic rings. The van der Waals surface area contributed by atoms with E-state index in [2.05, 4.69) is 4.99 Å². The first kappa shape index (κ1) is 8.99. The molecule has 3 heterocycles. The molecule has 3 aliphatic heterocycles. The van der Waals surface area contributed by atoms with Crippen LogP contribution in [0.1, 0.15) is 6.42 Å². The molecule has 0 saturated carbocycles. The number of fused-ring (bicyclic) bond motifs is 3. The van der Waals surface area contributed by atoms with Gasteiger partial charge in [-0.3, -0.25) is 4.90 Å². The largest absolute Gasteiger partial charge is 0.457 e. The number of rotatable bonds is 1. The fourth-order valence-electron chi connectivity index (χ4n) is 2.15. The van der Waals surface area contributed by atoms with Crippen LogP contribution in [0.2, 0.25) is 0 Å². The lowest BCUT2D eigenvalue weighted by Gasteiger charge is -2.23. The molecule has 0 radical (unpaired) electrons. The third-order valence-corrected chi connectivity index (χ3v) is 2.88. The van der Waals surface area contributed by atoms with E-state index in [1.54, 1.807) is 0 Å². The van der Waals surface area contributed by atoms with Crippen LogP contribution in [0, 0.1) is 0 Å². The number of ether oxygens (including phenoxy) is 2. The van der Waals surface area contributed by atoms with E-state index in [1.807, 2.05) is 11.0 Å². The van der Waals surface area contributed by atoms with Crippen LogP contribution in [-0.4, -0.2) is 47.6 Å². The highest BCUT2D eigenvalue weighted by Crippen LogP contribution is 2.33. The molecule has 0 aromatic heterocycles.